The number of carbonyl (C=O) groups is 1. The van der Waals surface area contributed by atoms with Gasteiger partial charge in [-0.25, -0.2) is 4.79 Å². The van der Waals surface area contributed by atoms with Gasteiger partial charge in [0.25, 0.3) is 0 Å². The molecule has 2 aromatic rings. The maximum absolute atomic E-state index is 11.7. The number of nitrogens with one attached hydrogen (secondary N) is 1. The second-order valence-electron chi connectivity index (χ2n) is 5.07. The molecule has 0 saturated carbocycles. The van der Waals surface area contributed by atoms with Crippen LogP contribution in [0, 0.1) is 13.7 Å². The van der Waals surface area contributed by atoms with E-state index in [-0.39, 0.29) is 6.04 Å². The topological polar surface area (TPSA) is 42.2 Å². The van der Waals surface area contributed by atoms with Crippen LogP contribution in [0.2, 0.25) is 0 Å². The number of nitrogens with zero attached hydrogens (tertiary/aromatic N) is 1. The Hall–Kier alpha value is -2.49. The van der Waals surface area contributed by atoms with Gasteiger partial charge in [0.2, 0.25) is 6.73 Å². The molecular weight excluding hydrogens is 264 g/mol. The summed E-state index contributed by atoms with van der Waals surface area (Å²) in [6.45, 7) is 5.32. The van der Waals surface area contributed by atoms with E-state index in [0.717, 1.165) is 12.0 Å². The fraction of sp³-hybridized carbons (Fsp3) is 0.235. The molecule has 0 unspecified atom stereocenters. The number of aromatic nitrogens is 1. The lowest BCUT2D eigenvalue weighted by atomic mass is 10.1. The second kappa shape index (κ2) is 7.33. The van der Waals surface area contributed by atoms with E-state index in [2.05, 4.69) is 5.32 Å². The number of ether oxygens (including phenoxy) is 1. The summed E-state index contributed by atoms with van der Waals surface area (Å²) in [4.78, 5) is 11.7. The largest absolute Gasteiger partial charge is 0.423 e. The highest BCUT2D eigenvalue weighted by atomic mass is 16.6. The molecule has 1 aromatic carbocycles. The van der Waals surface area contributed by atoms with Gasteiger partial charge in [-0.2, -0.15) is 0 Å². The monoisotopic (exact) mass is 284 g/mol. The molecule has 0 radical (unpaired) electrons. The third kappa shape index (κ3) is 5.18. The number of amides is 1. The zero-order valence-corrected chi connectivity index (χ0v) is 12.3. The maximum atomic E-state index is 11.7. The third-order valence-corrected chi connectivity index (χ3v) is 3.00. The van der Waals surface area contributed by atoms with Crippen LogP contribution in [0.25, 0.3) is 0 Å². The van der Waals surface area contributed by atoms with Gasteiger partial charge in [-0.3, -0.25) is 0 Å². The minimum absolute atomic E-state index is 0.0100. The van der Waals surface area contributed by atoms with Gasteiger partial charge in [0.1, 0.15) is 0 Å². The summed E-state index contributed by atoms with van der Waals surface area (Å²) in [5.74, 6) is 0. The van der Waals surface area contributed by atoms with Crippen LogP contribution < -0.4 is 9.88 Å². The molecule has 0 aliphatic carbocycles. The summed E-state index contributed by atoms with van der Waals surface area (Å²) in [5, 5.41) is 2.81. The Morgan fingerprint density at radius 1 is 1.29 bits per heavy atom. The normalized spacial score (nSPS) is 11.5. The maximum Gasteiger partial charge on any atom is 0.404 e. The Labute approximate surface area is 125 Å². The summed E-state index contributed by atoms with van der Waals surface area (Å²) in [6, 6.07) is 13.9. The first-order valence-corrected chi connectivity index (χ1v) is 6.95. The summed E-state index contributed by atoms with van der Waals surface area (Å²) in [5.41, 5.74) is 2.28. The van der Waals surface area contributed by atoms with Crippen molar-refractivity contribution in [2.45, 2.75) is 26.3 Å². The van der Waals surface area contributed by atoms with Crippen LogP contribution >= 0.6 is 0 Å². The number of carbonyl (C=O) groups excluding carboxylic acids is 1. The van der Waals surface area contributed by atoms with Crippen molar-refractivity contribution >= 4 is 6.09 Å². The Morgan fingerprint density at radius 3 is 2.76 bits per heavy atom. The van der Waals surface area contributed by atoms with Crippen molar-refractivity contribution in [3.8, 4) is 0 Å². The predicted octanol–water partition coefficient (Wildman–Crippen LogP) is 2.61. The van der Waals surface area contributed by atoms with Crippen LogP contribution in [0.5, 0.6) is 0 Å². The van der Waals surface area contributed by atoms with Crippen molar-refractivity contribution < 1.29 is 14.1 Å². The van der Waals surface area contributed by atoms with Crippen LogP contribution in [-0.4, -0.2) is 12.1 Å². The van der Waals surface area contributed by atoms with E-state index in [1.807, 2.05) is 68.7 Å². The third-order valence-electron chi connectivity index (χ3n) is 3.00. The Bertz CT molecular complexity index is 584. The number of alkyl carbamates (subject to hydrolysis) is 1. The van der Waals surface area contributed by atoms with Crippen LogP contribution in [0.4, 0.5) is 4.79 Å². The molecule has 0 spiro atoms. The Kier molecular flexibility index (Phi) is 5.21. The molecule has 1 aromatic heterocycles. The van der Waals surface area contributed by atoms with Crippen LogP contribution in [0.15, 0.2) is 54.9 Å². The van der Waals surface area contributed by atoms with Gasteiger partial charge in [-0.1, -0.05) is 42.5 Å². The first-order chi connectivity index (χ1) is 10.1. The molecule has 0 bridgehead atoms. The minimum atomic E-state index is -0.451. The highest BCUT2D eigenvalue weighted by Gasteiger charge is 2.09. The molecule has 1 amide bonds. The fourth-order valence-corrected chi connectivity index (χ4v) is 2.04. The molecule has 1 atom stereocenters. The molecule has 0 aliphatic heterocycles. The van der Waals surface area contributed by atoms with Crippen molar-refractivity contribution in [1.29, 1.82) is 0 Å². The average molecular weight is 284 g/mol. The first-order valence-electron chi connectivity index (χ1n) is 6.95. The number of rotatable bonds is 5. The van der Waals surface area contributed by atoms with Gasteiger partial charge < -0.3 is 14.6 Å². The molecule has 0 fully saturated rings. The Morgan fingerprint density at radius 2 is 2.05 bits per heavy atom. The van der Waals surface area contributed by atoms with Crippen molar-refractivity contribution in [2.24, 2.45) is 0 Å². The summed E-state index contributed by atoms with van der Waals surface area (Å²) in [6.07, 6.45) is 4.01. The van der Waals surface area contributed by atoms with Crippen LogP contribution in [0.1, 0.15) is 18.1 Å². The number of pyridine rings is 1. The summed E-state index contributed by atoms with van der Waals surface area (Å²) >= 11 is 0. The molecule has 2 rings (SSSR count). The van der Waals surface area contributed by atoms with Gasteiger partial charge in [0.15, 0.2) is 0 Å². The standard InChI is InChI=1S/C17H20N2O2/c1-14-7-6-10-19(12-14)13-21-17(20)18-15(2)11-16-8-4-3-5-9-16/h3-10,12-13,15H,11H2,1-2H3,(H,18,20)/t15-/m0/s1. The van der Waals surface area contributed by atoms with Crippen LogP contribution in [0.3, 0.4) is 0 Å². The molecule has 4 heteroatoms. The molecule has 0 saturated heterocycles. The number of aryl methyl sites for hydroxylation is 1. The van der Waals surface area contributed by atoms with Crippen molar-refractivity contribution in [2.75, 3.05) is 0 Å². The summed E-state index contributed by atoms with van der Waals surface area (Å²) < 4.78 is 6.78. The van der Waals surface area contributed by atoms with Crippen molar-refractivity contribution in [3.63, 3.8) is 0 Å². The lowest BCUT2D eigenvalue weighted by Crippen LogP contribution is -2.39. The predicted molar refractivity (Wildman–Crippen MR) is 80.3 cm³/mol. The summed E-state index contributed by atoms with van der Waals surface area (Å²) in [7, 11) is 0. The second-order valence-corrected chi connectivity index (χ2v) is 5.07. The molecule has 1 heterocycles. The van der Waals surface area contributed by atoms with Crippen molar-refractivity contribution in [3.05, 3.63) is 72.7 Å². The Balaban J connectivity index is 1.76. The quantitative estimate of drug-likeness (QED) is 0.677. The SMILES string of the molecule is Cc1ccc[n+]([CH-]OC(=O)N[C@@H](C)Cc2ccccc2)c1. The van der Waals surface area contributed by atoms with Gasteiger partial charge in [-0.15, -0.1) is 0 Å². The fourth-order valence-electron chi connectivity index (χ4n) is 2.04. The van der Waals surface area contributed by atoms with Crippen LogP contribution in [-0.2, 0) is 11.2 Å². The smallest absolute Gasteiger partial charge is 0.404 e. The van der Waals surface area contributed by atoms with Gasteiger partial charge in [-0.05, 0) is 31.4 Å². The molecule has 4 nitrogen and oxygen atoms in total. The number of hydrogen-bond donors (Lipinski definition) is 1. The molecule has 0 aliphatic rings. The van der Waals surface area contributed by atoms with E-state index < -0.39 is 6.09 Å². The van der Waals surface area contributed by atoms with Gasteiger partial charge in [0, 0.05) is 6.04 Å². The number of hydrogen-bond acceptors (Lipinski definition) is 2. The van der Waals surface area contributed by atoms with E-state index in [1.165, 1.54) is 12.3 Å². The highest BCUT2D eigenvalue weighted by molar-refractivity contribution is 5.67. The van der Waals surface area contributed by atoms with Crippen molar-refractivity contribution in [1.82, 2.24) is 5.32 Å². The molecular formula is C17H20N2O2. The highest BCUT2D eigenvalue weighted by Crippen LogP contribution is 2.02. The van der Waals surface area contributed by atoms with Gasteiger partial charge in [0.05, 0.1) is 12.4 Å². The molecule has 110 valence electrons. The zero-order chi connectivity index (χ0) is 15.1. The average Bonchev–Trinajstić information content (AvgIpc) is 2.46. The lowest BCUT2D eigenvalue weighted by Gasteiger charge is -2.14. The van der Waals surface area contributed by atoms with Gasteiger partial charge >= 0.3 is 6.09 Å². The first kappa shape index (κ1) is 14.9. The zero-order valence-electron chi connectivity index (χ0n) is 12.3. The molecule has 1 N–H and O–H groups in total. The van der Waals surface area contributed by atoms with E-state index in [9.17, 15) is 4.79 Å². The number of benzene rings is 1. The van der Waals surface area contributed by atoms with E-state index >= 15 is 0 Å². The minimum Gasteiger partial charge on any atom is -0.423 e. The molecule has 21 heavy (non-hydrogen) atoms. The van der Waals surface area contributed by atoms with E-state index in [0.29, 0.717) is 0 Å². The lowest BCUT2D eigenvalue weighted by molar-refractivity contribution is -0.656. The van der Waals surface area contributed by atoms with E-state index in [4.69, 9.17) is 4.74 Å². The van der Waals surface area contributed by atoms with E-state index in [1.54, 1.807) is 4.57 Å².